The van der Waals surface area contributed by atoms with Gasteiger partial charge in [-0.15, -0.1) is 0 Å². The van der Waals surface area contributed by atoms with Crippen LogP contribution in [0.2, 0.25) is 0 Å². The lowest BCUT2D eigenvalue weighted by Gasteiger charge is -2.16. The second-order valence-corrected chi connectivity index (χ2v) is 6.78. The van der Waals surface area contributed by atoms with E-state index in [1.807, 2.05) is 12.1 Å². The van der Waals surface area contributed by atoms with E-state index in [9.17, 15) is 4.79 Å². The van der Waals surface area contributed by atoms with Crippen molar-refractivity contribution in [2.75, 3.05) is 0 Å². The molecule has 0 N–H and O–H groups in total. The molecule has 0 aliphatic carbocycles. The molecular formula is C21H25BrO3. The minimum Gasteiger partial charge on any atom is -0.488 e. The van der Waals surface area contributed by atoms with Crippen LogP contribution in [0.25, 0.3) is 0 Å². The first-order valence-corrected chi connectivity index (χ1v) is 9.52. The first kappa shape index (κ1) is 19.5. The summed E-state index contributed by atoms with van der Waals surface area (Å²) >= 11 is 3.53. The van der Waals surface area contributed by atoms with Crippen LogP contribution in [0.1, 0.15) is 49.4 Å². The van der Waals surface area contributed by atoms with E-state index in [2.05, 4.69) is 48.8 Å². The molecule has 0 aromatic heterocycles. The lowest BCUT2D eigenvalue weighted by Crippen LogP contribution is -2.09. The number of halogens is 1. The van der Waals surface area contributed by atoms with Gasteiger partial charge >= 0.3 is 5.97 Å². The van der Waals surface area contributed by atoms with Crippen LogP contribution in [0.3, 0.4) is 0 Å². The molecule has 0 saturated carbocycles. The van der Waals surface area contributed by atoms with Crippen molar-refractivity contribution >= 4 is 21.9 Å². The fourth-order valence-corrected chi connectivity index (χ4v) is 3.15. The van der Waals surface area contributed by atoms with Crippen LogP contribution >= 0.6 is 15.9 Å². The van der Waals surface area contributed by atoms with Gasteiger partial charge in [-0.1, -0.05) is 48.8 Å². The Bertz CT molecular complexity index is 753. The van der Waals surface area contributed by atoms with Crippen LogP contribution in [-0.2, 0) is 24.2 Å². The zero-order valence-electron chi connectivity index (χ0n) is 15.3. The smallest absolute Gasteiger partial charge is 0.310 e. The van der Waals surface area contributed by atoms with E-state index in [0.29, 0.717) is 18.8 Å². The number of ether oxygens (including phenoxy) is 2. The molecular weight excluding hydrogens is 380 g/mol. The number of hydrogen-bond donors (Lipinski definition) is 0. The highest BCUT2D eigenvalue weighted by atomic mass is 79.9. The maximum absolute atomic E-state index is 11.7. The van der Waals surface area contributed by atoms with Gasteiger partial charge in [0.25, 0.3) is 0 Å². The molecule has 2 aromatic rings. The lowest BCUT2D eigenvalue weighted by molar-refractivity contribution is -0.134. The standard InChI is InChI=1S/C21H25BrO3/c1-5-15-12-16(6-2)20(11-14(15)4)24-13-17-18(22)9-8-10-19(17)25-21(23)7-3/h8-12H,5-7,13H2,1-4H3. The van der Waals surface area contributed by atoms with E-state index in [1.165, 1.54) is 16.7 Å². The van der Waals surface area contributed by atoms with Crippen LogP contribution in [-0.4, -0.2) is 5.97 Å². The number of esters is 1. The summed E-state index contributed by atoms with van der Waals surface area (Å²) in [4.78, 5) is 11.7. The Balaban J connectivity index is 2.27. The summed E-state index contributed by atoms with van der Waals surface area (Å²) in [7, 11) is 0. The minimum atomic E-state index is -0.253. The summed E-state index contributed by atoms with van der Waals surface area (Å²) < 4.78 is 12.4. The Morgan fingerprint density at radius 3 is 2.40 bits per heavy atom. The molecule has 0 aliphatic rings. The second-order valence-electron chi connectivity index (χ2n) is 5.93. The number of carbonyl (C=O) groups is 1. The average Bonchev–Trinajstić information content (AvgIpc) is 2.61. The van der Waals surface area contributed by atoms with E-state index in [0.717, 1.165) is 28.6 Å². The molecule has 0 aliphatic heterocycles. The summed E-state index contributed by atoms with van der Waals surface area (Å²) in [5.74, 6) is 1.18. The predicted molar refractivity (Wildman–Crippen MR) is 104 cm³/mol. The molecule has 4 heteroatoms. The fraction of sp³-hybridized carbons (Fsp3) is 0.381. The third kappa shape index (κ3) is 4.85. The van der Waals surface area contributed by atoms with E-state index in [4.69, 9.17) is 9.47 Å². The molecule has 0 unspecified atom stereocenters. The first-order chi connectivity index (χ1) is 12.0. The Labute approximate surface area is 158 Å². The van der Waals surface area contributed by atoms with Crippen molar-refractivity contribution in [3.63, 3.8) is 0 Å². The molecule has 134 valence electrons. The highest BCUT2D eigenvalue weighted by Gasteiger charge is 2.13. The quantitative estimate of drug-likeness (QED) is 0.433. The first-order valence-electron chi connectivity index (χ1n) is 8.73. The van der Waals surface area contributed by atoms with Gasteiger partial charge in [0.15, 0.2) is 0 Å². The monoisotopic (exact) mass is 404 g/mol. The molecule has 0 atom stereocenters. The summed E-state index contributed by atoms with van der Waals surface area (Å²) in [5.41, 5.74) is 4.62. The van der Waals surface area contributed by atoms with Gasteiger partial charge in [0.2, 0.25) is 0 Å². The maximum Gasteiger partial charge on any atom is 0.310 e. The molecule has 0 heterocycles. The molecule has 0 amide bonds. The molecule has 0 saturated heterocycles. The summed E-state index contributed by atoms with van der Waals surface area (Å²) in [5, 5.41) is 0. The van der Waals surface area contributed by atoms with Gasteiger partial charge in [0.1, 0.15) is 18.1 Å². The third-order valence-electron chi connectivity index (χ3n) is 4.24. The Morgan fingerprint density at radius 1 is 1.04 bits per heavy atom. The van der Waals surface area contributed by atoms with Crippen molar-refractivity contribution in [3.05, 3.63) is 57.1 Å². The number of hydrogen-bond acceptors (Lipinski definition) is 3. The van der Waals surface area contributed by atoms with Crippen LogP contribution < -0.4 is 9.47 Å². The normalized spacial score (nSPS) is 10.6. The largest absolute Gasteiger partial charge is 0.488 e. The molecule has 0 fully saturated rings. The maximum atomic E-state index is 11.7. The highest BCUT2D eigenvalue weighted by molar-refractivity contribution is 9.10. The van der Waals surface area contributed by atoms with Crippen molar-refractivity contribution in [1.29, 1.82) is 0 Å². The molecule has 2 aromatic carbocycles. The van der Waals surface area contributed by atoms with Crippen molar-refractivity contribution in [2.24, 2.45) is 0 Å². The molecule has 3 nitrogen and oxygen atoms in total. The van der Waals surface area contributed by atoms with Gasteiger partial charge in [-0.3, -0.25) is 4.79 Å². The van der Waals surface area contributed by atoms with Crippen LogP contribution in [0.15, 0.2) is 34.8 Å². The Hall–Kier alpha value is -1.81. The highest BCUT2D eigenvalue weighted by Crippen LogP contribution is 2.31. The Morgan fingerprint density at radius 2 is 1.76 bits per heavy atom. The fourth-order valence-electron chi connectivity index (χ4n) is 2.69. The van der Waals surface area contributed by atoms with Crippen LogP contribution in [0, 0.1) is 6.92 Å². The SMILES string of the molecule is CCC(=O)Oc1cccc(Br)c1COc1cc(C)c(CC)cc1CC. The molecule has 0 spiro atoms. The van der Waals surface area contributed by atoms with E-state index in [-0.39, 0.29) is 5.97 Å². The van der Waals surface area contributed by atoms with Gasteiger partial charge in [-0.25, -0.2) is 0 Å². The van der Waals surface area contributed by atoms with E-state index >= 15 is 0 Å². The number of benzene rings is 2. The molecule has 25 heavy (non-hydrogen) atoms. The van der Waals surface area contributed by atoms with Gasteiger partial charge < -0.3 is 9.47 Å². The van der Waals surface area contributed by atoms with Crippen molar-refractivity contribution in [3.8, 4) is 11.5 Å². The number of aryl methyl sites for hydroxylation is 3. The van der Waals surface area contributed by atoms with Crippen LogP contribution in [0.4, 0.5) is 0 Å². The van der Waals surface area contributed by atoms with Crippen LogP contribution in [0.5, 0.6) is 11.5 Å². The topological polar surface area (TPSA) is 35.5 Å². The van der Waals surface area contributed by atoms with Gasteiger partial charge in [-0.05, 0) is 54.7 Å². The molecule has 0 bridgehead atoms. The molecule has 2 rings (SSSR count). The number of carbonyl (C=O) groups excluding carboxylic acids is 1. The summed E-state index contributed by atoms with van der Waals surface area (Å²) in [6.07, 6.45) is 2.27. The van der Waals surface area contributed by atoms with Gasteiger partial charge in [0, 0.05) is 16.5 Å². The summed E-state index contributed by atoms with van der Waals surface area (Å²) in [6, 6.07) is 9.90. The lowest BCUT2D eigenvalue weighted by atomic mass is 10.0. The Kier molecular flexibility index (Phi) is 7.06. The van der Waals surface area contributed by atoms with Crippen molar-refractivity contribution in [2.45, 2.75) is 53.6 Å². The van der Waals surface area contributed by atoms with Crippen molar-refractivity contribution in [1.82, 2.24) is 0 Å². The van der Waals surface area contributed by atoms with Crippen molar-refractivity contribution < 1.29 is 14.3 Å². The van der Waals surface area contributed by atoms with E-state index in [1.54, 1.807) is 13.0 Å². The van der Waals surface area contributed by atoms with Gasteiger partial charge in [0.05, 0.1) is 0 Å². The second kappa shape index (κ2) is 9.04. The predicted octanol–water partition coefficient (Wildman–Crippen LogP) is 5.78. The molecule has 0 radical (unpaired) electrons. The zero-order valence-corrected chi connectivity index (χ0v) is 16.9. The third-order valence-corrected chi connectivity index (χ3v) is 4.98. The van der Waals surface area contributed by atoms with Gasteiger partial charge in [-0.2, -0.15) is 0 Å². The average molecular weight is 405 g/mol. The minimum absolute atomic E-state index is 0.253. The zero-order chi connectivity index (χ0) is 18.4. The number of rotatable bonds is 7. The van der Waals surface area contributed by atoms with E-state index < -0.39 is 0 Å². The summed E-state index contributed by atoms with van der Waals surface area (Å²) in [6.45, 7) is 8.52.